The van der Waals surface area contributed by atoms with Crippen molar-refractivity contribution in [2.24, 2.45) is 0 Å². The van der Waals surface area contributed by atoms with E-state index < -0.39 is 0 Å². The summed E-state index contributed by atoms with van der Waals surface area (Å²) in [6.45, 7) is 4.13. The minimum absolute atomic E-state index is 0.0205. The molecule has 30 heavy (non-hydrogen) atoms. The predicted octanol–water partition coefficient (Wildman–Crippen LogP) is 4.72. The van der Waals surface area contributed by atoms with Crippen molar-refractivity contribution >= 4 is 39.2 Å². The highest BCUT2D eigenvalue weighted by molar-refractivity contribution is 7.99. The maximum absolute atomic E-state index is 13.6. The van der Waals surface area contributed by atoms with E-state index in [9.17, 15) is 9.59 Å². The second kappa shape index (κ2) is 9.35. The van der Waals surface area contributed by atoms with Crippen LogP contribution in [0.1, 0.15) is 50.0 Å². The van der Waals surface area contributed by atoms with Gasteiger partial charge in [0.2, 0.25) is 5.91 Å². The van der Waals surface area contributed by atoms with Crippen LogP contribution in [0.2, 0.25) is 0 Å². The number of carbonyl (C=O) groups is 1. The first-order valence-corrected chi connectivity index (χ1v) is 12.4. The highest BCUT2D eigenvalue weighted by atomic mass is 32.2. The van der Waals surface area contributed by atoms with E-state index in [0.717, 1.165) is 48.0 Å². The van der Waals surface area contributed by atoms with Crippen LogP contribution in [0.25, 0.3) is 15.9 Å². The van der Waals surface area contributed by atoms with Gasteiger partial charge < -0.3 is 5.32 Å². The van der Waals surface area contributed by atoms with Gasteiger partial charge in [-0.2, -0.15) is 0 Å². The molecule has 0 radical (unpaired) electrons. The van der Waals surface area contributed by atoms with Crippen LogP contribution in [-0.2, 0) is 17.6 Å². The van der Waals surface area contributed by atoms with Gasteiger partial charge in [-0.25, -0.2) is 4.98 Å². The molecule has 0 bridgehead atoms. The number of fused-ring (bicyclic) bond motifs is 3. The average Bonchev–Trinajstić information content (AvgIpc) is 3.11. The lowest BCUT2D eigenvalue weighted by molar-refractivity contribution is -0.119. The number of benzene rings is 1. The second-order valence-electron chi connectivity index (χ2n) is 7.81. The molecule has 2 heterocycles. The van der Waals surface area contributed by atoms with Crippen LogP contribution in [0.4, 0.5) is 0 Å². The summed E-state index contributed by atoms with van der Waals surface area (Å²) in [6.07, 6.45) is 6.26. The zero-order valence-corrected chi connectivity index (χ0v) is 19.1. The summed E-state index contributed by atoms with van der Waals surface area (Å²) >= 11 is 2.98. The molecule has 158 valence electrons. The topological polar surface area (TPSA) is 64.0 Å². The van der Waals surface area contributed by atoms with E-state index in [1.54, 1.807) is 15.9 Å². The number of hydrogen-bond acceptors (Lipinski definition) is 5. The molecule has 0 fully saturated rings. The number of thiophene rings is 1. The number of nitrogens with one attached hydrogen (secondary N) is 1. The van der Waals surface area contributed by atoms with Gasteiger partial charge in [-0.3, -0.25) is 14.2 Å². The molecule has 0 spiro atoms. The highest BCUT2D eigenvalue weighted by Gasteiger charge is 2.23. The maximum Gasteiger partial charge on any atom is 0.267 e. The summed E-state index contributed by atoms with van der Waals surface area (Å²) in [5.74, 6) is 0.213. The Bertz CT molecular complexity index is 1110. The van der Waals surface area contributed by atoms with E-state index in [0.29, 0.717) is 5.16 Å². The number of carbonyl (C=O) groups excluding carboxylic acids is 1. The number of para-hydroxylation sites is 1. The third-order valence-electron chi connectivity index (χ3n) is 5.43. The number of hydrogen-bond donors (Lipinski definition) is 1. The molecule has 1 aliphatic carbocycles. The molecule has 7 heteroatoms. The minimum atomic E-state index is -0.0274. The fourth-order valence-corrected chi connectivity index (χ4v) is 6.17. The number of rotatable bonds is 7. The van der Waals surface area contributed by atoms with Crippen LogP contribution in [-0.4, -0.2) is 27.3 Å². The van der Waals surface area contributed by atoms with Crippen molar-refractivity contribution < 1.29 is 4.79 Å². The van der Waals surface area contributed by atoms with Gasteiger partial charge in [0.15, 0.2) is 5.16 Å². The van der Waals surface area contributed by atoms with Crippen LogP contribution in [0, 0.1) is 0 Å². The zero-order valence-electron chi connectivity index (χ0n) is 17.4. The molecule has 1 unspecified atom stereocenters. The van der Waals surface area contributed by atoms with Crippen molar-refractivity contribution in [1.29, 1.82) is 0 Å². The van der Waals surface area contributed by atoms with E-state index in [1.165, 1.54) is 28.6 Å². The average molecular weight is 442 g/mol. The number of amides is 1. The lowest BCUT2D eigenvalue weighted by Gasteiger charge is -2.15. The molecule has 1 atom stereocenters. The second-order valence-corrected chi connectivity index (χ2v) is 9.83. The molecular formula is C23H27N3O2S2. The molecule has 1 aliphatic rings. The molecule has 1 aromatic carbocycles. The van der Waals surface area contributed by atoms with Crippen molar-refractivity contribution in [2.45, 2.75) is 63.6 Å². The standard InChI is InChI=1S/C23H27N3O2S2/c1-3-9-15(2)24-19(27)14-29-23-25-21-20(17-12-7-8-13-18(17)30-21)22(28)26(23)16-10-5-4-6-11-16/h4-6,10-11,15H,3,7-9,12-14H2,1-2H3,(H,24,27). The van der Waals surface area contributed by atoms with Crippen molar-refractivity contribution in [2.75, 3.05) is 5.75 Å². The molecule has 2 aromatic heterocycles. The van der Waals surface area contributed by atoms with Gasteiger partial charge in [-0.15, -0.1) is 11.3 Å². The molecule has 4 rings (SSSR count). The molecular weight excluding hydrogens is 414 g/mol. The van der Waals surface area contributed by atoms with Crippen molar-refractivity contribution in [3.8, 4) is 5.69 Å². The number of thioether (sulfide) groups is 1. The molecule has 0 saturated carbocycles. The van der Waals surface area contributed by atoms with E-state index in [1.807, 2.05) is 37.3 Å². The van der Waals surface area contributed by atoms with Crippen LogP contribution >= 0.6 is 23.1 Å². The van der Waals surface area contributed by atoms with Gasteiger partial charge in [-0.1, -0.05) is 43.3 Å². The van der Waals surface area contributed by atoms with Gasteiger partial charge in [0.1, 0.15) is 4.83 Å². The predicted molar refractivity (Wildman–Crippen MR) is 125 cm³/mol. The van der Waals surface area contributed by atoms with Crippen LogP contribution in [0.5, 0.6) is 0 Å². The van der Waals surface area contributed by atoms with Crippen molar-refractivity contribution in [1.82, 2.24) is 14.9 Å². The van der Waals surface area contributed by atoms with Gasteiger partial charge in [-0.05, 0) is 56.7 Å². The summed E-state index contributed by atoms with van der Waals surface area (Å²) in [5, 5.41) is 4.38. The fraction of sp³-hybridized carbons (Fsp3) is 0.435. The van der Waals surface area contributed by atoms with Crippen molar-refractivity contribution in [3.63, 3.8) is 0 Å². The first-order valence-electron chi connectivity index (χ1n) is 10.6. The van der Waals surface area contributed by atoms with Gasteiger partial charge in [0.25, 0.3) is 5.56 Å². The zero-order chi connectivity index (χ0) is 21.1. The van der Waals surface area contributed by atoms with E-state index in [2.05, 4.69) is 12.2 Å². The highest BCUT2D eigenvalue weighted by Crippen LogP contribution is 2.35. The van der Waals surface area contributed by atoms with E-state index >= 15 is 0 Å². The Morgan fingerprint density at radius 1 is 1.27 bits per heavy atom. The quantitative estimate of drug-likeness (QED) is 0.426. The Morgan fingerprint density at radius 2 is 2.03 bits per heavy atom. The summed E-state index contributed by atoms with van der Waals surface area (Å²) in [6, 6.07) is 9.76. The van der Waals surface area contributed by atoms with Crippen LogP contribution in [0.15, 0.2) is 40.3 Å². The van der Waals surface area contributed by atoms with E-state index in [4.69, 9.17) is 4.98 Å². The molecule has 5 nitrogen and oxygen atoms in total. The Labute approximate surface area is 184 Å². The number of aromatic nitrogens is 2. The summed E-state index contributed by atoms with van der Waals surface area (Å²) in [4.78, 5) is 33.0. The Morgan fingerprint density at radius 3 is 2.80 bits per heavy atom. The number of aryl methyl sites for hydroxylation is 2. The minimum Gasteiger partial charge on any atom is -0.353 e. The SMILES string of the molecule is CCCC(C)NC(=O)CSc1nc2sc3c(c2c(=O)n1-c1ccccc1)CCCC3. The van der Waals surface area contributed by atoms with Gasteiger partial charge >= 0.3 is 0 Å². The molecule has 1 amide bonds. The maximum atomic E-state index is 13.6. The first kappa shape index (κ1) is 21.1. The summed E-state index contributed by atoms with van der Waals surface area (Å²) in [7, 11) is 0. The Hall–Kier alpha value is -2.12. The van der Waals surface area contributed by atoms with Gasteiger partial charge in [0, 0.05) is 10.9 Å². The third-order valence-corrected chi connectivity index (χ3v) is 7.56. The van der Waals surface area contributed by atoms with Crippen LogP contribution < -0.4 is 10.9 Å². The monoisotopic (exact) mass is 441 g/mol. The Balaban J connectivity index is 1.73. The fourth-order valence-electron chi connectivity index (χ4n) is 4.04. The van der Waals surface area contributed by atoms with Gasteiger partial charge in [0.05, 0.1) is 16.8 Å². The van der Waals surface area contributed by atoms with Crippen LogP contribution in [0.3, 0.4) is 0 Å². The first-order chi connectivity index (χ1) is 14.6. The largest absolute Gasteiger partial charge is 0.353 e. The smallest absolute Gasteiger partial charge is 0.267 e. The van der Waals surface area contributed by atoms with E-state index in [-0.39, 0.29) is 23.3 Å². The molecule has 1 N–H and O–H groups in total. The lowest BCUT2D eigenvalue weighted by atomic mass is 9.97. The third kappa shape index (κ3) is 4.32. The molecule has 0 saturated heterocycles. The van der Waals surface area contributed by atoms with Crippen molar-refractivity contribution in [3.05, 3.63) is 51.1 Å². The molecule has 3 aromatic rings. The summed E-state index contributed by atoms with van der Waals surface area (Å²) in [5.41, 5.74) is 1.95. The summed E-state index contributed by atoms with van der Waals surface area (Å²) < 4.78 is 1.68. The Kier molecular flexibility index (Phi) is 6.58. The normalized spacial score (nSPS) is 14.5. The number of nitrogens with zero attached hydrogens (tertiary/aromatic N) is 2. The molecule has 0 aliphatic heterocycles. The lowest BCUT2D eigenvalue weighted by Crippen LogP contribution is -2.34.